The lowest BCUT2D eigenvalue weighted by Gasteiger charge is -2.32. The highest BCUT2D eigenvalue weighted by Gasteiger charge is 2.20. The Balaban J connectivity index is 1.78. The number of nitrogens with zero attached hydrogens (tertiary/aromatic N) is 2. The second-order valence-electron chi connectivity index (χ2n) is 6.14. The Morgan fingerprint density at radius 3 is 3.14 bits per heavy atom. The Kier molecular flexibility index (Phi) is 7.10. The van der Waals surface area contributed by atoms with E-state index in [1.165, 1.54) is 30.1 Å². The van der Waals surface area contributed by atoms with Crippen LogP contribution in [0.4, 0.5) is 0 Å². The number of hydrogen-bond acceptors (Lipinski definition) is 5. The maximum atomic E-state index is 5.90. The first-order chi connectivity index (χ1) is 10.2. The molecular formula is C16H29N3OS. The molecule has 1 N–H and O–H groups in total. The number of nitrogens with one attached hydrogen (secondary N) is 1. The minimum Gasteiger partial charge on any atom is -0.377 e. The minimum atomic E-state index is 0.416. The highest BCUT2D eigenvalue weighted by molar-refractivity contribution is 7.09. The van der Waals surface area contributed by atoms with Crippen molar-refractivity contribution < 1.29 is 4.74 Å². The average Bonchev–Trinajstić information content (AvgIpc) is 2.91. The van der Waals surface area contributed by atoms with Crippen LogP contribution < -0.4 is 5.32 Å². The molecule has 0 radical (unpaired) electrons. The summed E-state index contributed by atoms with van der Waals surface area (Å²) < 4.78 is 5.90. The average molecular weight is 311 g/mol. The van der Waals surface area contributed by atoms with Gasteiger partial charge in [0.25, 0.3) is 0 Å². The number of thiazole rings is 1. The van der Waals surface area contributed by atoms with Gasteiger partial charge < -0.3 is 10.1 Å². The van der Waals surface area contributed by atoms with Gasteiger partial charge in [-0.15, -0.1) is 11.3 Å². The molecule has 0 bridgehead atoms. The first-order valence-electron chi connectivity index (χ1n) is 8.18. The topological polar surface area (TPSA) is 37.4 Å². The first kappa shape index (κ1) is 16.9. The zero-order valence-electron chi connectivity index (χ0n) is 13.6. The second kappa shape index (κ2) is 8.83. The van der Waals surface area contributed by atoms with E-state index >= 15 is 0 Å². The van der Waals surface area contributed by atoms with Crippen LogP contribution in [0.5, 0.6) is 0 Å². The summed E-state index contributed by atoms with van der Waals surface area (Å²) in [7, 11) is 0. The maximum Gasteiger partial charge on any atom is 0.107 e. The van der Waals surface area contributed by atoms with Crippen LogP contribution in [0.3, 0.4) is 0 Å². The molecule has 1 saturated heterocycles. The van der Waals surface area contributed by atoms with Crippen LogP contribution in [0.2, 0.25) is 0 Å². The van der Waals surface area contributed by atoms with Crippen LogP contribution in [-0.4, -0.2) is 41.7 Å². The van der Waals surface area contributed by atoms with E-state index in [0.29, 0.717) is 12.1 Å². The minimum absolute atomic E-state index is 0.416. The lowest BCUT2D eigenvalue weighted by molar-refractivity contribution is -0.00248. The van der Waals surface area contributed by atoms with E-state index in [9.17, 15) is 0 Å². The molecule has 5 heteroatoms. The second-order valence-corrected chi connectivity index (χ2v) is 7.08. The van der Waals surface area contributed by atoms with Gasteiger partial charge in [-0.25, -0.2) is 4.98 Å². The summed E-state index contributed by atoms with van der Waals surface area (Å²) >= 11 is 1.76. The normalized spacial score (nSPS) is 20.3. The third-order valence-corrected chi connectivity index (χ3v) is 4.56. The molecule has 21 heavy (non-hydrogen) atoms. The molecule has 0 aliphatic carbocycles. The Labute approximate surface area is 132 Å². The standard InChI is InChI=1S/C16H29N3OS/c1-4-8-20-15-6-5-7-19(11-15)10-14-12-21-16(18-14)9-17-13(2)3/h12-13,15,17H,4-11H2,1-3H3. The SMILES string of the molecule is CCCOC1CCCN(Cc2csc(CNC(C)C)n2)C1. The number of piperidine rings is 1. The Hall–Kier alpha value is -0.490. The van der Waals surface area contributed by atoms with Crippen molar-refractivity contribution in [1.82, 2.24) is 15.2 Å². The fourth-order valence-electron chi connectivity index (χ4n) is 2.60. The number of likely N-dealkylation sites (tertiary alicyclic amines) is 1. The zero-order chi connectivity index (χ0) is 15.1. The largest absolute Gasteiger partial charge is 0.377 e. The third kappa shape index (κ3) is 6.02. The van der Waals surface area contributed by atoms with Crippen LogP contribution >= 0.6 is 11.3 Å². The molecule has 0 aromatic carbocycles. The number of rotatable bonds is 8. The molecular weight excluding hydrogens is 282 g/mol. The van der Waals surface area contributed by atoms with Crippen LogP contribution in [0.1, 0.15) is 50.7 Å². The summed E-state index contributed by atoms with van der Waals surface area (Å²) in [5.74, 6) is 0. The highest BCUT2D eigenvalue weighted by Crippen LogP contribution is 2.17. The molecule has 120 valence electrons. The van der Waals surface area contributed by atoms with Gasteiger partial charge in [0, 0.05) is 37.7 Å². The van der Waals surface area contributed by atoms with Gasteiger partial charge in [0.05, 0.1) is 11.8 Å². The lowest BCUT2D eigenvalue weighted by Crippen LogP contribution is -2.39. The van der Waals surface area contributed by atoms with Crippen molar-refractivity contribution in [3.05, 3.63) is 16.1 Å². The van der Waals surface area contributed by atoms with Crippen LogP contribution in [0.15, 0.2) is 5.38 Å². The van der Waals surface area contributed by atoms with Crippen molar-refractivity contribution in [2.45, 2.75) is 65.3 Å². The van der Waals surface area contributed by atoms with E-state index in [4.69, 9.17) is 9.72 Å². The lowest BCUT2D eigenvalue weighted by atomic mass is 10.1. The summed E-state index contributed by atoms with van der Waals surface area (Å²) in [4.78, 5) is 7.22. The molecule has 1 atom stereocenters. The van der Waals surface area contributed by atoms with Crippen LogP contribution in [0.25, 0.3) is 0 Å². The van der Waals surface area contributed by atoms with E-state index in [-0.39, 0.29) is 0 Å². The van der Waals surface area contributed by atoms with Gasteiger partial charge in [0.1, 0.15) is 5.01 Å². The van der Waals surface area contributed by atoms with Gasteiger partial charge in [-0.2, -0.15) is 0 Å². The van der Waals surface area contributed by atoms with Crippen molar-refractivity contribution in [3.63, 3.8) is 0 Å². The maximum absolute atomic E-state index is 5.90. The summed E-state index contributed by atoms with van der Waals surface area (Å²) in [6, 6.07) is 0.510. The van der Waals surface area contributed by atoms with Gasteiger partial charge >= 0.3 is 0 Å². The molecule has 4 nitrogen and oxygen atoms in total. The Morgan fingerprint density at radius 1 is 1.52 bits per heavy atom. The van der Waals surface area contributed by atoms with Gasteiger partial charge in [-0.3, -0.25) is 4.90 Å². The van der Waals surface area contributed by atoms with E-state index < -0.39 is 0 Å². The van der Waals surface area contributed by atoms with Crippen molar-refractivity contribution in [1.29, 1.82) is 0 Å². The molecule has 1 aliphatic heterocycles. The molecule has 0 amide bonds. The molecule has 1 unspecified atom stereocenters. The first-order valence-corrected chi connectivity index (χ1v) is 9.06. The summed E-state index contributed by atoms with van der Waals surface area (Å²) in [5.41, 5.74) is 1.21. The van der Waals surface area contributed by atoms with Gasteiger partial charge in [0.15, 0.2) is 0 Å². The van der Waals surface area contributed by atoms with Gasteiger partial charge in [-0.1, -0.05) is 20.8 Å². The molecule has 1 fully saturated rings. The van der Waals surface area contributed by atoms with Crippen LogP contribution in [0, 0.1) is 0 Å². The Bertz CT molecular complexity index is 408. The molecule has 0 saturated carbocycles. The predicted octanol–water partition coefficient (Wildman–Crippen LogP) is 3.03. The van der Waals surface area contributed by atoms with E-state index in [1.54, 1.807) is 11.3 Å². The Morgan fingerprint density at radius 2 is 2.38 bits per heavy atom. The number of hydrogen-bond donors (Lipinski definition) is 1. The highest BCUT2D eigenvalue weighted by atomic mass is 32.1. The van der Waals surface area contributed by atoms with Gasteiger partial charge in [-0.05, 0) is 25.8 Å². The molecule has 2 heterocycles. The molecule has 0 spiro atoms. The van der Waals surface area contributed by atoms with Crippen molar-refractivity contribution in [2.24, 2.45) is 0 Å². The molecule has 1 aromatic rings. The van der Waals surface area contributed by atoms with Crippen molar-refractivity contribution in [2.75, 3.05) is 19.7 Å². The third-order valence-electron chi connectivity index (χ3n) is 3.67. The van der Waals surface area contributed by atoms with Crippen LogP contribution in [-0.2, 0) is 17.8 Å². The van der Waals surface area contributed by atoms with Crippen molar-refractivity contribution >= 4 is 11.3 Å². The number of aromatic nitrogens is 1. The molecule has 1 aliphatic rings. The summed E-state index contributed by atoms with van der Waals surface area (Å²) in [6.07, 6.45) is 3.96. The fraction of sp³-hybridized carbons (Fsp3) is 0.812. The monoisotopic (exact) mass is 311 g/mol. The summed E-state index contributed by atoms with van der Waals surface area (Å²) in [5, 5.41) is 6.81. The quantitative estimate of drug-likeness (QED) is 0.801. The van der Waals surface area contributed by atoms with E-state index in [2.05, 4.69) is 36.4 Å². The zero-order valence-corrected chi connectivity index (χ0v) is 14.4. The molecule has 1 aromatic heterocycles. The smallest absolute Gasteiger partial charge is 0.107 e. The number of ether oxygens (including phenoxy) is 1. The van der Waals surface area contributed by atoms with Crippen molar-refractivity contribution in [3.8, 4) is 0 Å². The van der Waals surface area contributed by atoms with E-state index in [0.717, 1.165) is 32.7 Å². The molecule has 2 rings (SSSR count). The van der Waals surface area contributed by atoms with E-state index in [1.807, 2.05) is 0 Å². The predicted molar refractivity (Wildman–Crippen MR) is 88.6 cm³/mol. The fourth-order valence-corrected chi connectivity index (χ4v) is 3.34. The summed E-state index contributed by atoms with van der Waals surface area (Å²) in [6.45, 7) is 11.5. The van der Waals surface area contributed by atoms with Gasteiger partial charge in [0.2, 0.25) is 0 Å².